The number of hydrogen-bond acceptors (Lipinski definition) is 2. The second-order valence-corrected chi connectivity index (χ2v) is 4.88. The highest BCUT2D eigenvalue weighted by molar-refractivity contribution is 5.75. The lowest BCUT2D eigenvalue weighted by Crippen LogP contribution is -2.29. The highest BCUT2D eigenvalue weighted by atomic mass is 16.2. The monoisotopic (exact) mass is 214 g/mol. The molecule has 0 spiro atoms. The molecule has 0 aliphatic carbocycles. The molecule has 0 saturated heterocycles. The molecule has 90 valence electrons. The van der Waals surface area contributed by atoms with Crippen molar-refractivity contribution in [2.75, 3.05) is 20.1 Å². The van der Waals surface area contributed by atoms with E-state index in [1.807, 2.05) is 11.9 Å². The van der Waals surface area contributed by atoms with Crippen LogP contribution in [0, 0.1) is 11.8 Å². The van der Waals surface area contributed by atoms with Crippen molar-refractivity contribution >= 4 is 5.91 Å². The average Bonchev–Trinajstić information content (AvgIpc) is 2.21. The Morgan fingerprint density at radius 1 is 1.27 bits per heavy atom. The van der Waals surface area contributed by atoms with E-state index in [1.165, 1.54) is 0 Å². The van der Waals surface area contributed by atoms with Crippen LogP contribution in [0.15, 0.2) is 0 Å². The Bertz CT molecular complexity index is 180. The lowest BCUT2D eigenvalue weighted by molar-refractivity contribution is -0.130. The van der Waals surface area contributed by atoms with E-state index in [1.54, 1.807) is 0 Å². The minimum absolute atomic E-state index is 0.246. The molecule has 0 aromatic carbocycles. The second kappa shape index (κ2) is 7.69. The largest absolute Gasteiger partial charge is 0.346 e. The summed E-state index contributed by atoms with van der Waals surface area (Å²) < 4.78 is 0. The quantitative estimate of drug-likeness (QED) is 0.703. The summed E-state index contributed by atoms with van der Waals surface area (Å²) in [6.07, 6.45) is 2.61. The van der Waals surface area contributed by atoms with Gasteiger partial charge in [-0.25, -0.2) is 0 Å². The van der Waals surface area contributed by atoms with Gasteiger partial charge in [0.1, 0.15) is 0 Å². The van der Waals surface area contributed by atoms with Crippen LogP contribution < -0.4 is 5.73 Å². The molecule has 2 N–H and O–H groups in total. The van der Waals surface area contributed by atoms with Gasteiger partial charge in [0.2, 0.25) is 5.91 Å². The maximum absolute atomic E-state index is 11.7. The Balaban J connectivity index is 3.69. The summed E-state index contributed by atoms with van der Waals surface area (Å²) in [6.45, 7) is 7.97. The third-order valence-corrected chi connectivity index (χ3v) is 2.72. The fraction of sp³-hybridized carbons (Fsp3) is 0.917. The van der Waals surface area contributed by atoms with E-state index in [0.29, 0.717) is 24.8 Å². The Labute approximate surface area is 94.0 Å². The highest BCUT2D eigenvalue weighted by Gasteiger charge is 2.10. The molecule has 0 radical (unpaired) electrons. The number of carbonyl (C=O) groups excluding carboxylic acids is 1. The zero-order chi connectivity index (χ0) is 11.8. The number of nitrogens with zero attached hydrogens (tertiary/aromatic N) is 1. The van der Waals surface area contributed by atoms with Crippen LogP contribution in [0.2, 0.25) is 0 Å². The summed E-state index contributed by atoms with van der Waals surface area (Å²) in [5, 5.41) is 0. The van der Waals surface area contributed by atoms with Gasteiger partial charge in [-0.3, -0.25) is 4.79 Å². The van der Waals surface area contributed by atoms with Gasteiger partial charge in [-0.05, 0) is 31.2 Å². The van der Waals surface area contributed by atoms with Gasteiger partial charge >= 0.3 is 0 Å². The SMILES string of the molecule is CC(C)CCN(C)C(=O)CCC(C)CN. The van der Waals surface area contributed by atoms with Crippen LogP contribution >= 0.6 is 0 Å². The van der Waals surface area contributed by atoms with Crippen LogP contribution in [-0.2, 0) is 4.79 Å². The van der Waals surface area contributed by atoms with Crippen LogP contribution in [0.3, 0.4) is 0 Å². The van der Waals surface area contributed by atoms with Gasteiger partial charge in [-0.1, -0.05) is 20.8 Å². The minimum Gasteiger partial charge on any atom is -0.346 e. The molecule has 0 fully saturated rings. The van der Waals surface area contributed by atoms with Crippen molar-refractivity contribution in [1.29, 1.82) is 0 Å². The summed E-state index contributed by atoms with van der Waals surface area (Å²) in [7, 11) is 1.89. The van der Waals surface area contributed by atoms with E-state index in [9.17, 15) is 4.79 Å². The first-order valence-electron chi connectivity index (χ1n) is 5.91. The summed E-state index contributed by atoms with van der Waals surface area (Å²) in [5.74, 6) is 1.35. The third kappa shape index (κ3) is 7.37. The summed E-state index contributed by atoms with van der Waals surface area (Å²) in [5.41, 5.74) is 5.51. The molecule has 0 aliphatic heterocycles. The topological polar surface area (TPSA) is 46.3 Å². The van der Waals surface area contributed by atoms with Gasteiger partial charge in [-0.15, -0.1) is 0 Å². The van der Waals surface area contributed by atoms with Gasteiger partial charge in [0.15, 0.2) is 0 Å². The predicted octanol–water partition coefficient (Wildman–Crippen LogP) is 1.87. The summed E-state index contributed by atoms with van der Waals surface area (Å²) >= 11 is 0. The molecule has 3 heteroatoms. The normalized spacial score (nSPS) is 12.9. The standard InChI is InChI=1S/C12H26N2O/c1-10(2)7-8-14(4)12(15)6-5-11(3)9-13/h10-11H,5-9,13H2,1-4H3. The molecule has 0 rings (SSSR count). The van der Waals surface area contributed by atoms with Crippen molar-refractivity contribution in [3.63, 3.8) is 0 Å². The second-order valence-electron chi connectivity index (χ2n) is 4.88. The Hall–Kier alpha value is -0.570. The molecule has 0 saturated carbocycles. The molecule has 1 amide bonds. The fourth-order valence-corrected chi connectivity index (χ4v) is 1.26. The molecule has 0 aromatic rings. The number of carbonyl (C=O) groups is 1. The molecule has 0 bridgehead atoms. The van der Waals surface area contributed by atoms with Gasteiger partial charge in [0.25, 0.3) is 0 Å². The smallest absolute Gasteiger partial charge is 0.222 e. The molecule has 15 heavy (non-hydrogen) atoms. The highest BCUT2D eigenvalue weighted by Crippen LogP contribution is 2.07. The predicted molar refractivity (Wildman–Crippen MR) is 64.5 cm³/mol. The summed E-state index contributed by atoms with van der Waals surface area (Å²) in [6, 6.07) is 0. The van der Waals surface area contributed by atoms with Crippen molar-refractivity contribution in [1.82, 2.24) is 4.90 Å². The van der Waals surface area contributed by atoms with Gasteiger partial charge in [0.05, 0.1) is 0 Å². The maximum Gasteiger partial charge on any atom is 0.222 e. The molecule has 0 aromatic heterocycles. The Kier molecular flexibility index (Phi) is 7.39. The van der Waals surface area contributed by atoms with Crippen molar-refractivity contribution < 1.29 is 4.79 Å². The lowest BCUT2D eigenvalue weighted by atomic mass is 10.1. The van der Waals surface area contributed by atoms with Gasteiger partial charge < -0.3 is 10.6 Å². The number of nitrogens with two attached hydrogens (primary N) is 1. The number of amides is 1. The van der Waals surface area contributed by atoms with Crippen LogP contribution in [0.25, 0.3) is 0 Å². The summed E-state index contributed by atoms with van der Waals surface area (Å²) in [4.78, 5) is 13.5. The molecular formula is C12H26N2O. The van der Waals surface area contributed by atoms with E-state index in [2.05, 4.69) is 20.8 Å². The van der Waals surface area contributed by atoms with Crippen molar-refractivity contribution in [2.24, 2.45) is 17.6 Å². The Morgan fingerprint density at radius 3 is 2.33 bits per heavy atom. The van der Waals surface area contributed by atoms with Gasteiger partial charge in [0, 0.05) is 20.0 Å². The minimum atomic E-state index is 0.246. The van der Waals surface area contributed by atoms with Crippen LogP contribution in [0.5, 0.6) is 0 Å². The lowest BCUT2D eigenvalue weighted by Gasteiger charge is -2.19. The van der Waals surface area contributed by atoms with Crippen LogP contribution in [0.4, 0.5) is 0 Å². The average molecular weight is 214 g/mol. The van der Waals surface area contributed by atoms with Crippen molar-refractivity contribution in [2.45, 2.75) is 40.0 Å². The van der Waals surface area contributed by atoms with E-state index in [0.717, 1.165) is 19.4 Å². The number of hydrogen-bond donors (Lipinski definition) is 1. The van der Waals surface area contributed by atoms with Crippen molar-refractivity contribution in [3.05, 3.63) is 0 Å². The van der Waals surface area contributed by atoms with Gasteiger partial charge in [-0.2, -0.15) is 0 Å². The van der Waals surface area contributed by atoms with Crippen LogP contribution in [0.1, 0.15) is 40.0 Å². The molecular weight excluding hydrogens is 188 g/mol. The van der Waals surface area contributed by atoms with E-state index < -0.39 is 0 Å². The molecule has 0 heterocycles. The Morgan fingerprint density at radius 2 is 1.87 bits per heavy atom. The molecule has 1 unspecified atom stereocenters. The van der Waals surface area contributed by atoms with Crippen LogP contribution in [-0.4, -0.2) is 30.9 Å². The molecule has 0 aliphatic rings. The van der Waals surface area contributed by atoms with E-state index >= 15 is 0 Å². The first-order valence-corrected chi connectivity index (χ1v) is 5.91. The fourth-order valence-electron chi connectivity index (χ4n) is 1.26. The zero-order valence-corrected chi connectivity index (χ0v) is 10.6. The van der Waals surface area contributed by atoms with E-state index in [-0.39, 0.29) is 5.91 Å². The zero-order valence-electron chi connectivity index (χ0n) is 10.6. The molecule has 1 atom stereocenters. The first kappa shape index (κ1) is 14.4. The first-order chi connectivity index (χ1) is 6.97. The maximum atomic E-state index is 11.7. The third-order valence-electron chi connectivity index (χ3n) is 2.72. The van der Waals surface area contributed by atoms with E-state index in [4.69, 9.17) is 5.73 Å². The van der Waals surface area contributed by atoms with Crippen molar-refractivity contribution in [3.8, 4) is 0 Å². The number of rotatable bonds is 7. The molecule has 3 nitrogen and oxygen atoms in total.